The molecule has 2 aromatic carbocycles. The second kappa shape index (κ2) is 5.56. The van der Waals surface area contributed by atoms with Crippen LogP contribution in [0.5, 0.6) is 0 Å². The minimum Gasteiger partial charge on any atom is -0.0536 e. The van der Waals surface area contributed by atoms with Crippen LogP contribution < -0.4 is 0 Å². The summed E-state index contributed by atoms with van der Waals surface area (Å²) >= 11 is 4.77. The molecule has 0 saturated carbocycles. The van der Waals surface area contributed by atoms with E-state index in [1.54, 1.807) is 0 Å². The van der Waals surface area contributed by atoms with Crippen LogP contribution in [-0.2, 0) is 6.42 Å². The number of rotatable bonds is 1. The molecular formula is C17H14I2. The third-order valence-corrected chi connectivity index (χ3v) is 4.97. The van der Waals surface area contributed by atoms with E-state index in [4.69, 9.17) is 0 Å². The summed E-state index contributed by atoms with van der Waals surface area (Å²) in [4.78, 5) is 0. The Balaban J connectivity index is 2.05. The van der Waals surface area contributed by atoms with Gasteiger partial charge in [0.05, 0.1) is 0 Å². The van der Waals surface area contributed by atoms with Crippen molar-refractivity contribution in [2.24, 2.45) is 0 Å². The maximum absolute atomic E-state index is 2.39. The fourth-order valence-electron chi connectivity index (χ4n) is 2.66. The molecule has 2 heteroatoms. The van der Waals surface area contributed by atoms with Gasteiger partial charge in [-0.05, 0) is 117 Å². The Morgan fingerprint density at radius 2 is 1.63 bits per heavy atom. The fraction of sp³-hybridized carbons (Fsp3) is 0.176. The Hall–Kier alpha value is -0.360. The molecule has 0 aliphatic heterocycles. The van der Waals surface area contributed by atoms with E-state index in [2.05, 4.69) is 94.6 Å². The van der Waals surface area contributed by atoms with Crippen molar-refractivity contribution in [2.75, 3.05) is 0 Å². The smallest absolute Gasteiger partial charge is 0.0133 e. The van der Waals surface area contributed by atoms with Crippen molar-refractivity contribution in [1.29, 1.82) is 0 Å². The summed E-state index contributed by atoms with van der Waals surface area (Å²) in [6.07, 6.45) is 4.67. The van der Waals surface area contributed by atoms with Gasteiger partial charge >= 0.3 is 0 Å². The number of allylic oxidation sites excluding steroid dienone is 1. The van der Waals surface area contributed by atoms with E-state index in [1.165, 1.54) is 35.0 Å². The molecule has 0 aromatic heterocycles. The predicted molar refractivity (Wildman–Crippen MR) is 99.2 cm³/mol. The van der Waals surface area contributed by atoms with Crippen LogP contribution >= 0.6 is 45.2 Å². The summed E-state index contributed by atoms with van der Waals surface area (Å²) in [7, 11) is 0. The zero-order chi connectivity index (χ0) is 13.4. The lowest BCUT2D eigenvalue weighted by Gasteiger charge is -2.18. The lowest BCUT2D eigenvalue weighted by molar-refractivity contribution is 0.997. The Morgan fingerprint density at radius 3 is 2.42 bits per heavy atom. The number of hydrogen-bond acceptors (Lipinski definition) is 0. The predicted octanol–water partition coefficient (Wildman–Crippen LogP) is 5.69. The van der Waals surface area contributed by atoms with Crippen molar-refractivity contribution in [1.82, 2.24) is 0 Å². The topological polar surface area (TPSA) is 0 Å². The number of hydrogen-bond donors (Lipinski definition) is 0. The van der Waals surface area contributed by atoms with Crippen LogP contribution in [0.15, 0.2) is 36.4 Å². The van der Waals surface area contributed by atoms with Gasteiger partial charge in [0.15, 0.2) is 0 Å². The summed E-state index contributed by atoms with van der Waals surface area (Å²) in [5, 5.41) is 0. The highest BCUT2D eigenvalue weighted by molar-refractivity contribution is 14.1. The van der Waals surface area contributed by atoms with Gasteiger partial charge in [0.1, 0.15) is 0 Å². The molecule has 1 aliphatic carbocycles. The van der Waals surface area contributed by atoms with Crippen LogP contribution in [0.3, 0.4) is 0 Å². The van der Waals surface area contributed by atoms with Gasteiger partial charge in [-0.25, -0.2) is 0 Å². The van der Waals surface area contributed by atoms with Crippen molar-refractivity contribution in [3.63, 3.8) is 0 Å². The van der Waals surface area contributed by atoms with Gasteiger partial charge in [-0.15, -0.1) is 0 Å². The van der Waals surface area contributed by atoms with E-state index < -0.39 is 0 Å². The molecule has 96 valence electrons. The normalized spacial score (nSPS) is 13.9. The molecule has 0 unspecified atom stereocenters. The summed E-state index contributed by atoms with van der Waals surface area (Å²) in [5.41, 5.74) is 7.14. The summed E-state index contributed by atoms with van der Waals surface area (Å²) in [6, 6.07) is 13.5. The van der Waals surface area contributed by atoms with Crippen molar-refractivity contribution < 1.29 is 0 Å². The molecule has 0 saturated heterocycles. The molecule has 0 heterocycles. The molecule has 0 fully saturated rings. The third kappa shape index (κ3) is 2.89. The zero-order valence-electron chi connectivity index (χ0n) is 10.7. The first kappa shape index (κ1) is 13.6. The maximum atomic E-state index is 2.39. The molecule has 0 atom stereocenters. The average Bonchev–Trinajstić information content (AvgIpc) is 2.38. The third-order valence-electron chi connectivity index (χ3n) is 3.63. The van der Waals surface area contributed by atoms with E-state index in [0.29, 0.717) is 0 Å². The van der Waals surface area contributed by atoms with E-state index in [1.807, 2.05) is 0 Å². The molecule has 0 nitrogen and oxygen atoms in total. The number of fused-ring (bicyclic) bond motifs is 1. The zero-order valence-corrected chi connectivity index (χ0v) is 15.0. The van der Waals surface area contributed by atoms with Crippen LogP contribution in [0.2, 0.25) is 0 Å². The quantitative estimate of drug-likeness (QED) is 0.468. The Labute approximate surface area is 141 Å². The van der Waals surface area contributed by atoms with E-state index >= 15 is 0 Å². The monoisotopic (exact) mass is 472 g/mol. The van der Waals surface area contributed by atoms with Crippen molar-refractivity contribution >= 4 is 56.8 Å². The maximum Gasteiger partial charge on any atom is 0.0133 e. The highest BCUT2D eigenvalue weighted by Gasteiger charge is 2.13. The van der Waals surface area contributed by atoms with Crippen LogP contribution in [0, 0.1) is 14.1 Å². The Morgan fingerprint density at radius 1 is 0.895 bits per heavy atom. The summed E-state index contributed by atoms with van der Waals surface area (Å²) < 4.78 is 2.64. The minimum absolute atomic E-state index is 1.15. The fourth-order valence-corrected chi connectivity index (χ4v) is 3.86. The molecular weight excluding hydrogens is 458 g/mol. The number of aryl methyl sites for hydroxylation is 2. The average molecular weight is 472 g/mol. The minimum atomic E-state index is 1.15. The Bertz CT molecular complexity index is 669. The largest absolute Gasteiger partial charge is 0.0536 e. The SMILES string of the molecule is Cc1cc(I)ccc1C1=Cc2ccc(I)cc2CC1. The Kier molecular flexibility index (Phi) is 3.98. The molecule has 2 aromatic rings. The standard InChI is InChI=1S/C17H14I2/c1-11-8-15(18)6-7-17(11)14-3-2-13-10-16(19)5-4-12(13)9-14/h4-10H,2-3H2,1H3. The summed E-state index contributed by atoms with van der Waals surface area (Å²) in [5.74, 6) is 0. The molecule has 1 aliphatic rings. The highest BCUT2D eigenvalue weighted by Crippen LogP contribution is 2.32. The highest BCUT2D eigenvalue weighted by atomic mass is 127. The van der Waals surface area contributed by atoms with Gasteiger partial charge in [0.25, 0.3) is 0 Å². The van der Waals surface area contributed by atoms with Crippen LogP contribution in [-0.4, -0.2) is 0 Å². The molecule has 0 bridgehead atoms. The van der Waals surface area contributed by atoms with Gasteiger partial charge < -0.3 is 0 Å². The van der Waals surface area contributed by atoms with Crippen LogP contribution in [0.25, 0.3) is 11.6 Å². The van der Waals surface area contributed by atoms with E-state index in [9.17, 15) is 0 Å². The lowest BCUT2D eigenvalue weighted by atomic mass is 9.87. The first-order chi connectivity index (χ1) is 9.13. The molecule has 19 heavy (non-hydrogen) atoms. The van der Waals surface area contributed by atoms with Crippen molar-refractivity contribution in [2.45, 2.75) is 19.8 Å². The van der Waals surface area contributed by atoms with Crippen LogP contribution in [0.4, 0.5) is 0 Å². The number of halogens is 2. The molecule has 0 radical (unpaired) electrons. The number of benzene rings is 2. The van der Waals surface area contributed by atoms with Gasteiger partial charge in [-0.3, -0.25) is 0 Å². The van der Waals surface area contributed by atoms with Crippen LogP contribution in [0.1, 0.15) is 28.7 Å². The molecule has 3 rings (SSSR count). The second-order valence-electron chi connectivity index (χ2n) is 4.97. The molecule has 0 N–H and O–H groups in total. The summed E-state index contributed by atoms with van der Waals surface area (Å²) in [6.45, 7) is 2.21. The second-order valence-corrected chi connectivity index (χ2v) is 7.46. The lowest BCUT2D eigenvalue weighted by Crippen LogP contribution is -2.00. The van der Waals surface area contributed by atoms with E-state index in [-0.39, 0.29) is 0 Å². The van der Waals surface area contributed by atoms with Gasteiger partial charge in [0.2, 0.25) is 0 Å². The van der Waals surface area contributed by atoms with Gasteiger partial charge in [-0.2, -0.15) is 0 Å². The first-order valence-corrected chi connectivity index (χ1v) is 8.55. The van der Waals surface area contributed by atoms with E-state index in [0.717, 1.165) is 12.8 Å². The van der Waals surface area contributed by atoms with Gasteiger partial charge in [0, 0.05) is 7.14 Å². The van der Waals surface area contributed by atoms with Crippen molar-refractivity contribution in [3.8, 4) is 0 Å². The first-order valence-electron chi connectivity index (χ1n) is 6.39. The molecule has 0 amide bonds. The van der Waals surface area contributed by atoms with Gasteiger partial charge in [-0.1, -0.05) is 18.2 Å². The molecule has 0 spiro atoms. The van der Waals surface area contributed by atoms with Crippen molar-refractivity contribution in [3.05, 3.63) is 65.8 Å².